The molecule has 0 aliphatic heterocycles. The normalized spacial score (nSPS) is 10.4. The molecule has 0 aliphatic rings. The van der Waals surface area contributed by atoms with Crippen LogP contribution in [0, 0.1) is 0 Å². The first-order valence-corrected chi connectivity index (χ1v) is 5.55. The molecule has 0 amide bonds. The topological polar surface area (TPSA) is 32.9 Å². The lowest BCUT2D eigenvalue weighted by molar-refractivity contribution is 1.24. The average molecular weight is 275 g/mol. The van der Waals surface area contributed by atoms with Gasteiger partial charge in [-0.2, -0.15) is 0 Å². The van der Waals surface area contributed by atoms with Crippen molar-refractivity contribution in [3.63, 3.8) is 0 Å². The second kappa shape index (κ2) is 4.50. The third-order valence-corrected chi connectivity index (χ3v) is 3.13. The van der Waals surface area contributed by atoms with Crippen LogP contribution < -0.4 is 5.56 Å². The molecule has 1 N–H and O–H groups in total. The zero-order valence-corrected chi connectivity index (χ0v) is 10.2. The van der Waals surface area contributed by atoms with E-state index < -0.39 is 0 Å². The Morgan fingerprint density at radius 3 is 2.19 bits per heavy atom. The lowest BCUT2D eigenvalue weighted by atomic mass is 10.1. The number of aromatic amines is 1. The van der Waals surface area contributed by atoms with E-state index in [1.165, 1.54) is 0 Å². The SMILES string of the molecule is O=c1[nH]cc(-c2ccc(Cl)c(Cl)c2)cc1Cl. The number of benzene rings is 1. The van der Waals surface area contributed by atoms with Crippen LogP contribution in [0.15, 0.2) is 35.3 Å². The first-order chi connectivity index (χ1) is 7.58. The Labute approximate surface area is 107 Å². The van der Waals surface area contributed by atoms with Gasteiger partial charge in [-0.15, -0.1) is 0 Å². The minimum atomic E-state index is -0.314. The van der Waals surface area contributed by atoms with Crippen LogP contribution in [-0.2, 0) is 0 Å². The van der Waals surface area contributed by atoms with Crippen molar-refractivity contribution < 1.29 is 0 Å². The zero-order valence-electron chi connectivity index (χ0n) is 7.93. The van der Waals surface area contributed by atoms with E-state index in [2.05, 4.69) is 4.98 Å². The molecule has 2 nitrogen and oxygen atoms in total. The van der Waals surface area contributed by atoms with Crippen LogP contribution in [0.25, 0.3) is 11.1 Å². The predicted octanol–water partition coefficient (Wildman–Crippen LogP) is 4.00. The smallest absolute Gasteiger partial charge is 0.266 e. The average Bonchev–Trinajstić information content (AvgIpc) is 2.26. The van der Waals surface area contributed by atoms with Gasteiger partial charge < -0.3 is 4.98 Å². The second-order valence-corrected chi connectivity index (χ2v) is 4.42. The summed E-state index contributed by atoms with van der Waals surface area (Å²) in [6.45, 7) is 0. The van der Waals surface area contributed by atoms with Crippen molar-refractivity contribution in [2.75, 3.05) is 0 Å². The van der Waals surface area contributed by atoms with Crippen LogP contribution in [0.5, 0.6) is 0 Å². The highest BCUT2D eigenvalue weighted by Gasteiger charge is 2.04. The lowest BCUT2D eigenvalue weighted by Gasteiger charge is -2.03. The summed E-state index contributed by atoms with van der Waals surface area (Å²) in [4.78, 5) is 13.6. The molecule has 1 aromatic carbocycles. The number of aromatic nitrogens is 1. The van der Waals surface area contributed by atoms with Crippen LogP contribution in [-0.4, -0.2) is 4.98 Å². The molecule has 0 aliphatic carbocycles. The summed E-state index contributed by atoms with van der Waals surface area (Å²) in [7, 11) is 0. The van der Waals surface area contributed by atoms with E-state index in [-0.39, 0.29) is 10.6 Å². The molecule has 82 valence electrons. The molecule has 0 bridgehead atoms. The highest BCUT2D eigenvalue weighted by molar-refractivity contribution is 6.42. The van der Waals surface area contributed by atoms with Gasteiger partial charge in [0.05, 0.1) is 10.0 Å². The van der Waals surface area contributed by atoms with E-state index in [0.717, 1.165) is 11.1 Å². The molecule has 0 saturated carbocycles. The number of hydrogen-bond donors (Lipinski definition) is 1. The van der Waals surface area contributed by atoms with Gasteiger partial charge in [0.2, 0.25) is 0 Å². The molecule has 16 heavy (non-hydrogen) atoms. The molecular weight excluding hydrogens is 268 g/mol. The third-order valence-electron chi connectivity index (χ3n) is 2.11. The fourth-order valence-corrected chi connectivity index (χ4v) is 1.77. The van der Waals surface area contributed by atoms with Gasteiger partial charge in [-0.3, -0.25) is 4.79 Å². The monoisotopic (exact) mass is 273 g/mol. The molecule has 0 fully saturated rings. The molecule has 0 radical (unpaired) electrons. The summed E-state index contributed by atoms with van der Waals surface area (Å²) in [5.41, 5.74) is 1.31. The van der Waals surface area contributed by atoms with Crippen LogP contribution in [0.3, 0.4) is 0 Å². The van der Waals surface area contributed by atoms with Crippen molar-refractivity contribution in [3.05, 3.63) is 55.9 Å². The van der Waals surface area contributed by atoms with Gasteiger partial charge in [-0.05, 0) is 29.3 Å². The van der Waals surface area contributed by atoms with Crippen molar-refractivity contribution in [2.24, 2.45) is 0 Å². The number of nitrogens with one attached hydrogen (secondary N) is 1. The Morgan fingerprint density at radius 1 is 0.875 bits per heavy atom. The van der Waals surface area contributed by atoms with Crippen molar-refractivity contribution in [1.29, 1.82) is 0 Å². The number of pyridine rings is 1. The maximum Gasteiger partial charge on any atom is 0.266 e. The molecule has 2 aromatic rings. The van der Waals surface area contributed by atoms with Crippen LogP contribution in [0.4, 0.5) is 0 Å². The minimum absolute atomic E-state index is 0.142. The summed E-state index contributed by atoms with van der Waals surface area (Å²) < 4.78 is 0. The lowest BCUT2D eigenvalue weighted by Crippen LogP contribution is -2.04. The van der Waals surface area contributed by atoms with E-state index in [1.54, 1.807) is 30.5 Å². The number of H-pyrrole nitrogens is 1. The van der Waals surface area contributed by atoms with E-state index in [0.29, 0.717) is 10.0 Å². The summed E-state index contributed by atoms with van der Waals surface area (Å²) >= 11 is 17.4. The van der Waals surface area contributed by atoms with Crippen molar-refractivity contribution in [1.82, 2.24) is 4.98 Å². The van der Waals surface area contributed by atoms with Crippen LogP contribution in [0.2, 0.25) is 15.1 Å². The van der Waals surface area contributed by atoms with Crippen molar-refractivity contribution in [2.45, 2.75) is 0 Å². The molecule has 1 heterocycles. The van der Waals surface area contributed by atoms with E-state index in [9.17, 15) is 4.79 Å². The first kappa shape index (κ1) is 11.5. The van der Waals surface area contributed by atoms with Gasteiger partial charge in [0.25, 0.3) is 5.56 Å². The Kier molecular flexibility index (Phi) is 3.24. The Hall–Kier alpha value is -0.960. The maximum absolute atomic E-state index is 11.1. The second-order valence-electron chi connectivity index (χ2n) is 3.19. The van der Waals surface area contributed by atoms with Crippen LogP contribution in [0.1, 0.15) is 0 Å². The third kappa shape index (κ3) is 2.24. The fourth-order valence-electron chi connectivity index (χ4n) is 1.30. The van der Waals surface area contributed by atoms with Crippen molar-refractivity contribution in [3.8, 4) is 11.1 Å². The van der Waals surface area contributed by atoms with E-state index in [4.69, 9.17) is 34.8 Å². The highest BCUT2D eigenvalue weighted by Crippen LogP contribution is 2.28. The largest absolute Gasteiger partial charge is 0.327 e. The first-order valence-electron chi connectivity index (χ1n) is 4.41. The Bertz CT molecular complexity index is 592. The van der Waals surface area contributed by atoms with Gasteiger partial charge in [-0.25, -0.2) is 0 Å². The fraction of sp³-hybridized carbons (Fsp3) is 0. The van der Waals surface area contributed by atoms with Gasteiger partial charge >= 0.3 is 0 Å². The molecule has 5 heteroatoms. The molecular formula is C11H6Cl3NO. The van der Waals surface area contributed by atoms with Gasteiger partial charge in [0.1, 0.15) is 5.02 Å². The molecule has 1 aromatic heterocycles. The zero-order chi connectivity index (χ0) is 11.7. The molecule has 0 saturated heterocycles. The summed E-state index contributed by atoms with van der Waals surface area (Å²) in [6, 6.07) is 6.80. The molecule has 0 atom stereocenters. The van der Waals surface area contributed by atoms with Gasteiger partial charge in [-0.1, -0.05) is 40.9 Å². The van der Waals surface area contributed by atoms with Gasteiger partial charge in [0, 0.05) is 6.20 Å². The molecule has 0 spiro atoms. The van der Waals surface area contributed by atoms with Crippen LogP contribution >= 0.6 is 34.8 Å². The highest BCUT2D eigenvalue weighted by atomic mass is 35.5. The Balaban J connectivity index is 2.54. The molecule has 0 unspecified atom stereocenters. The van der Waals surface area contributed by atoms with E-state index >= 15 is 0 Å². The summed E-state index contributed by atoms with van der Waals surface area (Å²) in [6.07, 6.45) is 1.58. The summed E-state index contributed by atoms with van der Waals surface area (Å²) in [5.74, 6) is 0. The minimum Gasteiger partial charge on any atom is -0.327 e. The summed E-state index contributed by atoms with van der Waals surface area (Å²) in [5, 5.41) is 1.09. The number of hydrogen-bond acceptors (Lipinski definition) is 1. The quantitative estimate of drug-likeness (QED) is 0.837. The maximum atomic E-state index is 11.1. The number of halogens is 3. The van der Waals surface area contributed by atoms with Gasteiger partial charge in [0.15, 0.2) is 0 Å². The predicted molar refractivity (Wildman–Crippen MR) is 67.5 cm³/mol. The van der Waals surface area contributed by atoms with Crippen molar-refractivity contribution >= 4 is 34.8 Å². The number of rotatable bonds is 1. The Morgan fingerprint density at radius 2 is 1.56 bits per heavy atom. The standard InChI is InChI=1S/C11H6Cl3NO/c12-8-2-1-6(3-9(8)13)7-4-10(14)11(16)15-5-7/h1-5H,(H,15,16). The van der Waals surface area contributed by atoms with E-state index in [1.807, 2.05) is 0 Å². The molecule has 2 rings (SSSR count).